The van der Waals surface area contributed by atoms with E-state index in [4.69, 9.17) is 11.6 Å². The number of guanidine groups is 1. The van der Waals surface area contributed by atoms with Crippen LogP contribution in [0, 0.1) is 11.7 Å². The maximum Gasteiger partial charge on any atom is 0.225 e. The van der Waals surface area contributed by atoms with Crippen LogP contribution in [0.15, 0.2) is 23.2 Å². The molecule has 2 aliphatic carbocycles. The number of rotatable bonds is 4. The molecule has 1 aromatic rings. The van der Waals surface area contributed by atoms with Gasteiger partial charge in [0.2, 0.25) is 5.91 Å². The smallest absolute Gasteiger partial charge is 0.225 e. The first kappa shape index (κ1) is 19.9. The van der Waals surface area contributed by atoms with Gasteiger partial charge in [-0.2, -0.15) is 0 Å². The fraction of sp³-hybridized carbons (Fsp3) is 0.600. The minimum atomic E-state index is -0.253. The molecule has 0 aromatic heterocycles. The lowest BCUT2D eigenvalue weighted by Crippen LogP contribution is -2.47. The summed E-state index contributed by atoms with van der Waals surface area (Å²) in [6.45, 7) is 0. The van der Waals surface area contributed by atoms with Gasteiger partial charge in [0.05, 0.1) is 0 Å². The topological polar surface area (TPSA) is 56.7 Å². The first-order valence-electron chi connectivity index (χ1n) is 9.55. The van der Waals surface area contributed by atoms with Gasteiger partial charge >= 0.3 is 0 Å². The van der Waals surface area contributed by atoms with Crippen LogP contribution in [0.5, 0.6) is 0 Å². The lowest BCUT2D eigenvalue weighted by atomic mass is 9.85. The van der Waals surface area contributed by atoms with Crippen LogP contribution in [0.25, 0.3) is 0 Å². The second-order valence-electron chi connectivity index (χ2n) is 7.74. The number of hydrogen-bond donors (Lipinski definition) is 2. The Bertz CT molecular complexity index is 704. The molecule has 2 aliphatic rings. The summed E-state index contributed by atoms with van der Waals surface area (Å²) in [7, 11) is 5.34. The van der Waals surface area contributed by atoms with E-state index in [-0.39, 0.29) is 35.6 Å². The lowest BCUT2D eigenvalue weighted by molar-refractivity contribution is -0.134. The zero-order chi connectivity index (χ0) is 19.6. The van der Waals surface area contributed by atoms with E-state index >= 15 is 0 Å². The van der Waals surface area contributed by atoms with E-state index in [0.717, 1.165) is 32.1 Å². The summed E-state index contributed by atoms with van der Waals surface area (Å²) in [5.74, 6) is 0.776. The number of nitrogens with zero attached hydrogens (tertiary/aromatic N) is 2. The Labute approximate surface area is 165 Å². The van der Waals surface area contributed by atoms with Crippen molar-refractivity contribution in [1.82, 2.24) is 15.5 Å². The SMILES string of the molecule is CN=C(NC1CCCC(C(=O)N(C)C)C1)NC1CC1c1c(F)cccc1Cl. The van der Waals surface area contributed by atoms with Crippen molar-refractivity contribution in [2.45, 2.75) is 50.1 Å². The van der Waals surface area contributed by atoms with Gasteiger partial charge in [-0.1, -0.05) is 24.1 Å². The second-order valence-corrected chi connectivity index (χ2v) is 8.15. The quantitative estimate of drug-likeness (QED) is 0.609. The van der Waals surface area contributed by atoms with Gasteiger partial charge < -0.3 is 15.5 Å². The van der Waals surface area contributed by atoms with Crippen LogP contribution in [0.4, 0.5) is 4.39 Å². The van der Waals surface area contributed by atoms with E-state index in [1.54, 1.807) is 38.2 Å². The third-order valence-electron chi connectivity index (χ3n) is 5.51. The first-order valence-corrected chi connectivity index (χ1v) is 9.93. The number of hydrogen-bond acceptors (Lipinski definition) is 2. The van der Waals surface area contributed by atoms with Crippen LogP contribution in [0.3, 0.4) is 0 Å². The Morgan fingerprint density at radius 2 is 2.04 bits per heavy atom. The summed E-state index contributed by atoms with van der Waals surface area (Å²) < 4.78 is 14.1. The number of halogens is 2. The minimum Gasteiger partial charge on any atom is -0.354 e. The summed E-state index contributed by atoms with van der Waals surface area (Å²) in [5.41, 5.74) is 0.585. The molecule has 0 radical (unpaired) electrons. The normalized spacial score (nSPS) is 27.8. The zero-order valence-electron chi connectivity index (χ0n) is 16.1. The molecule has 4 unspecified atom stereocenters. The van der Waals surface area contributed by atoms with E-state index in [1.165, 1.54) is 6.07 Å². The Hall–Kier alpha value is -1.82. The average molecular weight is 395 g/mol. The van der Waals surface area contributed by atoms with Gasteiger partial charge in [-0.3, -0.25) is 9.79 Å². The van der Waals surface area contributed by atoms with E-state index in [2.05, 4.69) is 15.6 Å². The van der Waals surface area contributed by atoms with Crippen LogP contribution in [0.2, 0.25) is 5.02 Å². The Morgan fingerprint density at radius 1 is 1.26 bits per heavy atom. The highest BCUT2D eigenvalue weighted by Crippen LogP contribution is 2.44. The number of carbonyl (C=O) groups is 1. The van der Waals surface area contributed by atoms with Crippen molar-refractivity contribution in [3.8, 4) is 0 Å². The number of nitrogens with one attached hydrogen (secondary N) is 2. The van der Waals surface area contributed by atoms with Crippen molar-refractivity contribution in [3.63, 3.8) is 0 Å². The van der Waals surface area contributed by atoms with Gasteiger partial charge in [0.15, 0.2) is 5.96 Å². The van der Waals surface area contributed by atoms with Crippen molar-refractivity contribution in [3.05, 3.63) is 34.6 Å². The highest BCUT2D eigenvalue weighted by molar-refractivity contribution is 6.31. The molecule has 0 spiro atoms. The highest BCUT2D eigenvalue weighted by atomic mass is 35.5. The summed E-state index contributed by atoms with van der Waals surface area (Å²) in [6.07, 6.45) is 4.62. The van der Waals surface area contributed by atoms with Crippen LogP contribution in [0.1, 0.15) is 43.6 Å². The van der Waals surface area contributed by atoms with Crippen molar-refractivity contribution in [2.24, 2.45) is 10.9 Å². The van der Waals surface area contributed by atoms with Gasteiger partial charge in [0.25, 0.3) is 0 Å². The number of amides is 1. The highest BCUT2D eigenvalue weighted by Gasteiger charge is 2.42. The van der Waals surface area contributed by atoms with Crippen molar-refractivity contribution >= 4 is 23.5 Å². The molecule has 1 aromatic carbocycles. The fourth-order valence-electron chi connectivity index (χ4n) is 3.99. The molecule has 7 heteroatoms. The van der Waals surface area contributed by atoms with Gasteiger partial charge in [0, 0.05) is 55.6 Å². The number of aliphatic imine (C=N–C) groups is 1. The summed E-state index contributed by atoms with van der Waals surface area (Å²) in [4.78, 5) is 18.2. The number of benzene rings is 1. The van der Waals surface area contributed by atoms with E-state index < -0.39 is 0 Å². The van der Waals surface area contributed by atoms with Crippen molar-refractivity contribution in [1.29, 1.82) is 0 Å². The summed E-state index contributed by atoms with van der Waals surface area (Å²) in [6, 6.07) is 5.14. The van der Waals surface area contributed by atoms with Crippen LogP contribution < -0.4 is 10.6 Å². The predicted octanol–water partition coefficient (Wildman–Crippen LogP) is 3.15. The van der Waals surface area contributed by atoms with E-state index in [0.29, 0.717) is 16.5 Å². The van der Waals surface area contributed by atoms with E-state index in [9.17, 15) is 9.18 Å². The van der Waals surface area contributed by atoms with Gasteiger partial charge in [-0.15, -0.1) is 0 Å². The average Bonchev–Trinajstić information content (AvgIpc) is 3.39. The molecule has 2 saturated carbocycles. The maximum atomic E-state index is 14.1. The molecule has 27 heavy (non-hydrogen) atoms. The van der Waals surface area contributed by atoms with Crippen LogP contribution in [-0.2, 0) is 4.79 Å². The molecule has 148 valence electrons. The molecule has 3 rings (SSSR count). The molecule has 2 fully saturated rings. The molecule has 5 nitrogen and oxygen atoms in total. The molecule has 0 bridgehead atoms. The van der Waals surface area contributed by atoms with E-state index in [1.807, 2.05) is 0 Å². The fourth-order valence-corrected chi connectivity index (χ4v) is 4.29. The monoisotopic (exact) mass is 394 g/mol. The van der Waals surface area contributed by atoms with Gasteiger partial charge in [0.1, 0.15) is 5.82 Å². The van der Waals surface area contributed by atoms with Crippen molar-refractivity contribution < 1.29 is 9.18 Å². The maximum absolute atomic E-state index is 14.1. The third-order valence-corrected chi connectivity index (χ3v) is 5.84. The van der Waals surface area contributed by atoms with Crippen LogP contribution >= 0.6 is 11.6 Å². The minimum absolute atomic E-state index is 0.0617. The summed E-state index contributed by atoms with van der Waals surface area (Å²) >= 11 is 6.18. The van der Waals surface area contributed by atoms with Gasteiger partial charge in [-0.05, 0) is 37.8 Å². The molecular weight excluding hydrogens is 367 g/mol. The van der Waals surface area contributed by atoms with Crippen LogP contribution in [-0.4, -0.2) is 50.0 Å². The molecular formula is C20H28ClFN4O. The Kier molecular flexibility index (Phi) is 6.25. The Morgan fingerprint density at radius 3 is 2.70 bits per heavy atom. The molecule has 0 heterocycles. The Balaban J connectivity index is 1.56. The zero-order valence-corrected chi connectivity index (χ0v) is 16.9. The molecule has 2 N–H and O–H groups in total. The van der Waals surface area contributed by atoms with Gasteiger partial charge in [-0.25, -0.2) is 4.39 Å². The molecule has 0 saturated heterocycles. The molecule has 1 amide bonds. The predicted molar refractivity (Wildman–Crippen MR) is 107 cm³/mol. The largest absolute Gasteiger partial charge is 0.354 e. The standard InChI is InChI=1S/C20H28ClFN4O/c1-23-20(24-13-7-4-6-12(10-13)19(27)26(2)3)25-17-11-14(17)18-15(21)8-5-9-16(18)22/h5,8-9,12-14,17H,4,6-7,10-11H2,1-3H3,(H2,23,24,25). The van der Waals surface area contributed by atoms with Crippen molar-refractivity contribution in [2.75, 3.05) is 21.1 Å². The number of carbonyl (C=O) groups excluding carboxylic acids is 1. The second kappa shape index (κ2) is 8.46. The molecule has 0 aliphatic heterocycles. The molecule has 4 atom stereocenters. The third kappa shape index (κ3) is 4.72. The summed E-state index contributed by atoms with van der Waals surface area (Å²) in [5, 5.41) is 7.30. The lowest BCUT2D eigenvalue weighted by Gasteiger charge is -2.31. The first-order chi connectivity index (χ1) is 12.9.